The van der Waals surface area contributed by atoms with E-state index in [1.807, 2.05) is 6.92 Å². The Morgan fingerprint density at radius 1 is 1.35 bits per heavy atom. The van der Waals surface area contributed by atoms with Crippen LogP contribution >= 0.6 is 15.9 Å². The quantitative estimate of drug-likeness (QED) is 0.855. The van der Waals surface area contributed by atoms with Crippen LogP contribution in [0.4, 0.5) is 21.8 Å². The molecule has 1 aromatic carbocycles. The average Bonchev–Trinajstić information content (AvgIpc) is 2.43. The highest BCUT2D eigenvalue weighted by Crippen LogP contribution is 2.27. The third kappa shape index (κ3) is 3.66. The predicted octanol–water partition coefficient (Wildman–Crippen LogP) is 4.25. The summed E-state index contributed by atoms with van der Waals surface area (Å²) in [6.45, 7) is 4.79. The van der Waals surface area contributed by atoms with Crippen LogP contribution in [0.3, 0.4) is 0 Å². The number of hydrogen-bond acceptors (Lipinski definition) is 4. The fourth-order valence-corrected chi connectivity index (χ4v) is 1.96. The Morgan fingerprint density at radius 2 is 2.15 bits per heavy atom. The molecular weight excluding hydrogens is 323 g/mol. The minimum atomic E-state index is -0.299. The molecule has 0 amide bonds. The number of nitrogens with zero attached hydrogens (tertiary/aromatic N) is 2. The van der Waals surface area contributed by atoms with Crippen molar-refractivity contribution in [1.29, 1.82) is 0 Å². The topological polar surface area (TPSA) is 49.8 Å². The molecule has 0 saturated heterocycles. The molecule has 2 N–H and O–H groups in total. The van der Waals surface area contributed by atoms with Crippen LogP contribution in [0.15, 0.2) is 28.9 Å². The molecule has 1 aromatic heterocycles. The standard InChI is InChI=1S/C14H16BrFN4/c1-3-6-17-14-18-8-9(2)13(20-14)19-12-7-10(16)4-5-11(12)15/h4-5,7-8H,3,6H2,1-2H3,(H2,17,18,19,20). The maximum absolute atomic E-state index is 13.3. The minimum absolute atomic E-state index is 0.299. The van der Waals surface area contributed by atoms with Crippen molar-refractivity contribution in [3.8, 4) is 0 Å². The van der Waals surface area contributed by atoms with Crippen molar-refractivity contribution < 1.29 is 4.39 Å². The lowest BCUT2D eigenvalue weighted by molar-refractivity contribution is 0.628. The lowest BCUT2D eigenvalue weighted by Gasteiger charge is -2.12. The average molecular weight is 339 g/mol. The number of aryl methyl sites for hydroxylation is 1. The van der Waals surface area contributed by atoms with E-state index < -0.39 is 0 Å². The van der Waals surface area contributed by atoms with Crippen molar-refractivity contribution in [1.82, 2.24) is 9.97 Å². The van der Waals surface area contributed by atoms with E-state index in [4.69, 9.17) is 0 Å². The zero-order chi connectivity index (χ0) is 14.5. The zero-order valence-electron chi connectivity index (χ0n) is 11.4. The van der Waals surface area contributed by atoms with Gasteiger partial charge in [0, 0.05) is 22.8 Å². The minimum Gasteiger partial charge on any atom is -0.354 e. The van der Waals surface area contributed by atoms with Crippen LogP contribution in [-0.2, 0) is 0 Å². The van der Waals surface area contributed by atoms with Gasteiger partial charge in [0.15, 0.2) is 0 Å². The number of hydrogen-bond donors (Lipinski definition) is 2. The monoisotopic (exact) mass is 338 g/mol. The van der Waals surface area contributed by atoms with Crippen molar-refractivity contribution in [2.75, 3.05) is 17.2 Å². The molecule has 2 rings (SSSR count). The molecule has 1 heterocycles. The van der Waals surface area contributed by atoms with Crippen molar-refractivity contribution in [2.45, 2.75) is 20.3 Å². The third-order valence-electron chi connectivity index (χ3n) is 2.69. The van der Waals surface area contributed by atoms with Gasteiger partial charge in [-0.15, -0.1) is 0 Å². The van der Waals surface area contributed by atoms with E-state index in [0.29, 0.717) is 17.5 Å². The van der Waals surface area contributed by atoms with Gasteiger partial charge in [0.05, 0.1) is 5.69 Å². The molecule has 0 saturated carbocycles. The van der Waals surface area contributed by atoms with Crippen LogP contribution in [0.2, 0.25) is 0 Å². The van der Waals surface area contributed by atoms with Gasteiger partial charge in [-0.3, -0.25) is 0 Å². The zero-order valence-corrected chi connectivity index (χ0v) is 13.0. The van der Waals surface area contributed by atoms with Crippen LogP contribution in [0.1, 0.15) is 18.9 Å². The number of benzene rings is 1. The lowest BCUT2D eigenvalue weighted by atomic mass is 10.3. The van der Waals surface area contributed by atoms with Gasteiger partial charge < -0.3 is 10.6 Å². The Morgan fingerprint density at radius 3 is 2.90 bits per heavy atom. The van der Waals surface area contributed by atoms with E-state index in [0.717, 1.165) is 23.0 Å². The van der Waals surface area contributed by atoms with Gasteiger partial charge in [-0.2, -0.15) is 4.98 Å². The summed E-state index contributed by atoms with van der Waals surface area (Å²) in [5.41, 5.74) is 1.52. The molecule has 106 valence electrons. The third-order valence-corrected chi connectivity index (χ3v) is 3.38. The molecule has 0 aliphatic heterocycles. The van der Waals surface area contributed by atoms with E-state index in [-0.39, 0.29) is 5.82 Å². The Bertz CT molecular complexity index is 604. The second-order valence-corrected chi connectivity index (χ2v) is 5.26. The van der Waals surface area contributed by atoms with Gasteiger partial charge in [0.1, 0.15) is 11.6 Å². The molecule has 0 atom stereocenters. The fraction of sp³-hybridized carbons (Fsp3) is 0.286. The second-order valence-electron chi connectivity index (χ2n) is 4.40. The first kappa shape index (κ1) is 14.7. The summed E-state index contributed by atoms with van der Waals surface area (Å²) in [4.78, 5) is 8.61. The highest BCUT2D eigenvalue weighted by molar-refractivity contribution is 9.10. The first-order chi connectivity index (χ1) is 9.60. The molecule has 0 radical (unpaired) electrons. The number of halogens is 2. The van der Waals surface area contributed by atoms with Gasteiger partial charge in [-0.1, -0.05) is 6.92 Å². The van der Waals surface area contributed by atoms with Crippen LogP contribution in [0, 0.1) is 12.7 Å². The number of aromatic nitrogens is 2. The molecule has 0 fully saturated rings. The van der Waals surface area contributed by atoms with E-state index in [1.54, 1.807) is 12.3 Å². The molecule has 2 aromatic rings. The summed E-state index contributed by atoms with van der Waals surface area (Å²) >= 11 is 3.38. The molecular formula is C14H16BrFN4. The highest BCUT2D eigenvalue weighted by Gasteiger charge is 2.07. The van der Waals surface area contributed by atoms with Crippen LogP contribution in [0.25, 0.3) is 0 Å². The van der Waals surface area contributed by atoms with Crippen molar-refractivity contribution >= 4 is 33.4 Å². The van der Waals surface area contributed by atoms with E-state index in [2.05, 4.69) is 43.5 Å². The van der Waals surface area contributed by atoms with Gasteiger partial charge in [0.2, 0.25) is 5.95 Å². The number of anilines is 3. The Labute approximate surface area is 126 Å². The van der Waals surface area contributed by atoms with Gasteiger partial charge >= 0.3 is 0 Å². The molecule has 0 spiro atoms. The molecule has 4 nitrogen and oxygen atoms in total. The first-order valence-corrected chi connectivity index (χ1v) is 7.19. The Hall–Kier alpha value is -1.69. The van der Waals surface area contributed by atoms with Crippen molar-refractivity contribution in [2.24, 2.45) is 0 Å². The van der Waals surface area contributed by atoms with Crippen LogP contribution < -0.4 is 10.6 Å². The molecule has 0 unspecified atom stereocenters. The van der Waals surface area contributed by atoms with Crippen molar-refractivity contribution in [3.05, 3.63) is 40.2 Å². The normalized spacial score (nSPS) is 10.4. The highest BCUT2D eigenvalue weighted by atomic mass is 79.9. The van der Waals surface area contributed by atoms with E-state index >= 15 is 0 Å². The summed E-state index contributed by atoms with van der Waals surface area (Å²) in [6, 6.07) is 4.48. The maximum Gasteiger partial charge on any atom is 0.224 e. The summed E-state index contributed by atoms with van der Waals surface area (Å²) in [5, 5.41) is 6.25. The fourth-order valence-electron chi connectivity index (χ4n) is 1.61. The Kier molecular flexibility index (Phi) is 4.89. The SMILES string of the molecule is CCCNc1ncc(C)c(Nc2cc(F)ccc2Br)n1. The summed E-state index contributed by atoms with van der Waals surface area (Å²) in [5.74, 6) is 0.920. The second kappa shape index (κ2) is 6.65. The largest absolute Gasteiger partial charge is 0.354 e. The van der Waals surface area contributed by atoms with Gasteiger partial charge in [0.25, 0.3) is 0 Å². The van der Waals surface area contributed by atoms with Crippen LogP contribution in [0.5, 0.6) is 0 Å². The molecule has 20 heavy (non-hydrogen) atoms. The summed E-state index contributed by atoms with van der Waals surface area (Å²) in [6.07, 6.45) is 2.73. The smallest absolute Gasteiger partial charge is 0.224 e. The molecule has 6 heteroatoms. The van der Waals surface area contributed by atoms with E-state index in [1.165, 1.54) is 12.1 Å². The molecule has 0 aliphatic carbocycles. The van der Waals surface area contributed by atoms with Gasteiger partial charge in [-0.25, -0.2) is 9.37 Å². The number of nitrogens with one attached hydrogen (secondary N) is 2. The van der Waals surface area contributed by atoms with E-state index in [9.17, 15) is 4.39 Å². The Balaban J connectivity index is 2.25. The first-order valence-electron chi connectivity index (χ1n) is 6.39. The van der Waals surface area contributed by atoms with Crippen molar-refractivity contribution in [3.63, 3.8) is 0 Å². The summed E-state index contributed by atoms with van der Waals surface area (Å²) < 4.78 is 14.1. The number of rotatable bonds is 5. The van der Waals surface area contributed by atoms with Gasteiger partial charge in [-0.05, 0) is 47.5 Å². The predicted molar refractivity (Wildman–Crippen MR) is 82.9 cm³/mol. The molecule has 0 aliphatic rings. The lowest BCUT2D eigenvalue weighted by Crippen LogP contribution is -2.07. The van der Waals surface area contributed by atoms with Crippen LogP contribution in [-0.4, -0.2) is 16.5 Å². The molecule has 0 bridgehead atoms. The maximum atomic E-state index is 13.3. The summed E-state index contributed by atoms with van der Waals surface area (Å²) in [7, 11) is 0.